The van der Waals surface area contributed by atoms with Crippen molar-refractivity contribution in [2.75, 3.05) is 32.6 Å². The maximum absolute atomic E-state index is 12.3. The lowest BCUT2D eigenvalue weighted by Crippen LogP contribution is -2.26. The lowest BCUT2D eigenvalue weighted by molar-refractivity contribution is -0.0328. The van der Waals surface area contributed by atoms with Crippen molar-refractivity contribution in [1.29, 1.82) is 0 Å². The van der Waals surface area contributed by atoms with E-state index in [1.54, 1.807) is 7.11 Å². The fourth-order valence-electron chi connectivity index (χ4n) is 2.18. The minimum absolute atomic E-state index is 0.0537. The molecule has 0 saturated heterocycles. The third kappa shape index (κ3) is 7.74. The molecule has 0 heterocycles. The van der Waals surface area contributed by atoms with Gasteiger partial charge in [-0.15, -0.1) is 0 Å². The van der Waals surface area contributed by atoms with Gasteiger partial charge in [0.1, 0.15) is 0 Å². The number of hydrogen-bond acceptors (Lipinski definition) is 3. The molecular formula is C15H22F3NOS. The molecule has 1 aromatic carbocycles. The molecule has 6 heteroatoms. The highest BCUT2D eigenvalue weighted by Crippen LogP contribution is 2.33. The van der Waals surface area contributed by atoms with E-state index in [0.29, 0.717) is 26.1 Å². The fourth-order valence-corrected chi connectivity index (χ4v) is 2.81. The maximum Gasteiger partial charge on any atom is 0.441 e. The van der Waals surface area contributed by atoms with E-state index < -0.39 is 5.51 Å². The number of methoxy groups -OCH3 is 1. The van der Waals surface area contributed by atoms with Crippen LogP contribution < -0.4 is 5.32 Å². The number of benzene rings is 1. The molecule has 0 aliphatic heterocycles. The largest absolute Gasteiger partial charge is 0.441 e. The third-order valence-electron chi connectivity index (χ3n) is 3.23. The van der Waals surface area contributed by atoms with E-state index in [9.17, 15) is 13.2 Å². The van der Waals surface area contributed by atoms with Crippen molar-refractivity contribution in [2.45, 2.75) is 24.8 Å². The Bertz CT molecular complexity index is 412. The van der Waals surface area contributed by atoms with Gasteiger partial charge < -0.3 is 10.1 Å². The van der Waals surface area contributed by atoms with Gasteiger partial charge >= 0.3 is 5.51 Å². The van der Waals surface area contributed by atoms with Crippen molar-refractivity contribution in [1.82, 2.24) is 5.32 Å². The number of halogens is 3. The van der Waals surface area contributed by atoms with Crippen LogP contribution in [0.5, 0.6) is 0 Å². The first kappa shape index (κ1) is 18.3. The number of nitrogens with one attached hydrogen (secondary N) is 1. The molecule has 0 bridgehead atoms. The summed E-state index contributed by atoms with van der Waals surface area (Å²) in [6.45, 7) is 3.95. The van der Waals surface area contributed by atoms with Crippen LogP contribution in [-0.4, -0.2) is 38.1 Å². The molecule has 1 atom stereocenters. The number of alkyl halides is 3. The molecule has 0 amide bonds. The van der Waals surface area contributed by atoms with E-state index in [-0.39, 0.29) is 23.4 Å². The Labute approximate surface area is 128 Å². The standard InChI is InChI=1S/C15H22F3NOS/c1-12-5-3-4-6-14(12)13(11-19-8-9-20-2)7-10-21-15(16,17)18/h3-6,13,19H,7-11H2,1-2H3. The van der Waals surface area contributed by atoms with Crippen molar-refractivity contribution in [3.63, 3.8) is 0 Å². The van der Waals surface area contributed by atoms with Gasteiger partial charge in [0, 0.05) is 26.0 Å². The average Bonchev–Trinajstić information content (AvgIpc) is 2.41. The molecule has 0 radical (unpaired) electrons. The molecule has 120 valence electrons. The second-order valence-electron chi connectivity index (χ2n) is 4.83. The first-order chi connectivity index (χ1) is 9.94. The minimum atomic E-state index is -4.15. The Morgan fingerprint density at radius 3 is 2.62 bits per heavy atom. The summed E-state index contributed by atoms with van der Waals surface area (Å²) in [5.41, 5.74) is -1.92. The molecule has 0 spiro atoms. The Balaban J connectivity index is 2.59. The Morgan fingerprint density at radius 2 is 2.00 bits per heavy atom. The van der Waals surface area contributed by atoms with Crippen molar-refractivity contribution < 1.29 is 17.9 Å². The summed E-state index contributed by atoms with van der Waals surface area (Å²) in [6.07, 6.45) is 0.495. The van der Waals surface area contributed by atoms with Crippen LogP contribution in [0.1, 0.15) is 23.5 Å². The zero-order valence-corrected chi connectivity index (χ0v) is 13.2. The maximum atomic E-state index is 12.3. The van der Waals surface area contributed by atoms with Crippen molar-refractivity contribution in [3.8, 4) is 0 Å². The van der Waals surface area contributed by atoms with Crippen LogP contribution in [0.2, 0.25) is 0 Å². The third-order valence-corrected chi connectivity index (χ3v) is 4.00. The molecule has 0 aromatic heterocycles. The van der Waals surface area contributed by atoms with Gasteiger partial charge in [0.15, 0.2) is 0 Å². The van der Waals surface area contributed by atoms with Crippen LogP contribution in [0.15, 0.2) is 24.3 Å². The summed E-state index contributed by atoms with van der Waals surface area (Å²) in [5.74, 6) is 0.159. The molecule has 2 nitrogen and oxygen atoms in total. The number of rotatable bonds is 9. The van der Waals surface area contributed by atoms with Gasteiger partial charge in [0.25, 0.3) is 0 Å². The number of hydrogen-bond donors (Lipinski definition) is 1. The zero-order valence-electron chi connectivity index (χ0n) is 12.4. The van der Waals surface area contributed by atoms with Crippen LogP contribution in [0.25, 0.3) is 0 Å². The second-order valence-corrected chi connectivity index (χ2v) is 5.99. The minimum Gasteiger partial charge on any atom is -0.383 e. The fraction of sp³-hybridized carbons (Fsp3) is 0.600. The van der Waals surface area contributed by atoms with E-state index in [1.807, 2.05) is 31.2 Å². The summed E-state index contributed by atoms with van der Waals surface area (Å²) in [4.78, 5) is 0. The Kier molecular flexibility index (Phi) is 8.14. The van der Waals surface area contributed by atoms with E-state index in [2.05, 4.69) is 5.32 Å². The molecule has 0 aliphatic rings. The zero-order chi connectivity index (χ0) is 15.7. The Hall–Kier alpha value is -0.720. The van der Waals surface area contributed by atoms with E-state index >= 15 is 0 Å². The normalized spacial score (nSPS) is 13.4. The van der Waals surface area contributed by atoms with E-state index in [4.69, 9.17) is 4.74 Å². The number of aryl methyl sites for hydroxylation is 1. The van der Waals surface area contributed by atoms with Gasteiger partial charge in [-0.25, -0.2) is 0 Å². The van der Waals surface area contributed by atoms with Crippen LogP contribution in [-0.2, 0) is 4.74 Å². The molecule has 0 fully saturated rings. The van der Waals surface area contributed by atoms with E-state index in [1.165, 1.54) is 0 Å². The van der Waals surface area contributed by atoms with Crippen LogP contribution in [0, 0.1) is 6.92 Å². The highest BCUT2D eigenvalue weighted by Gasteiger charge is 2.28. The number of ether oxygens (including phenoxy) is 1. The molecular weight excluding hydrogens is 299 g/mol. The SMILES string of the molecule is COCCNCC(CCSC(F)(F)F)c1ccccc1C. The summed E-state index contributed by atoms with van der Waals surface area (Å²) < 4.78 is 41.8. The van der Waals surface area contributed by atoms with Gasteiger partial charge in [-0.3, -0.25) is 0 Å². The highest BCUT2D eigenvalue weighted by atomic mass is 32.2. The highest BCUT2D eigenvalue weighted by molar-refractivity contribution is 8.00. The van der Waals surface area contributed by atoms with Gasteiger partial charge in [-0.05, 0) is 30.4 Å². The summed E-state index contributed by atoms with van der Waals surface area (Å²) in [7, 11) is 1.63. The molecule has 1 unspecified atom stereocenters. The molecule has 1 N–H and O–H groups in total. The van der Waals surface area contributed by atoms with Crippen LogP contribution in [0.3, 0.4) is 0 Å². The van der Waals surface area contributed by atoms with Crippen molar-refractivity contribution in [3.05, 3.63) is 35.4 Å². The monoisotopic (exact) mass is 321 g/mol. The lowest BCUT2D eigenvalue weighted by Gasteiger charge is -2.20. The number of thioether (sulfide) groups is 1. The molecule has 1 aromatic rings. The smallest absolute Gasteiger partial charge is 0.383 e. The van der Waals surface area contributed by atoms with Crippen molar-refractivity contribution in [2.24, 2.45) is 0 Å². The van der Waals surface area contributed by atoms with Crippen molar-refractivity contribution >= 4 is 11.8 Å². The molecule has 0 aliphatic carbocycles. The summed E-state index contributed by atoms with van der Waals surface area (Å²) in [6, 6.07) is 7.87. The predicted octanol–water partition coefficient (Wildman–Crippen LogP) is 3.96. The van der Waals surface area contributed by atoms with Gasteiger partial charge in [0.2, 0.25) is 0 Å². The topological polar surface area (TPSA) is 21.3 Å². The quantitative estimate of drug-likeness (QED) is 0.696. The second kappa shape index (κ2) is 9.33. The summed E-state index contributed by atoms with van der Waals surface area (Å²) >= 11 is 0.0537. The average molecular weight is 321 g/mol. The van der Waals surface area contributed by atoms with Crippen LogP contribution in [0.4, 0.5) is 13.2 Å². The first-order valence-corrected chi connectivity index (χ1v) is 7.88. The molecule has 1 rings (SSSR count). The molecule has 21 heavy (non-hydrogen) atoms. The lowest BCUT2D eigenvalue weighted by atomic mass is 9.92. The van der Waals surface area contributed by atoms with Gasteiger partial charge in [-0.1, -0.05) is 36.0 Å². The van der Waals surface area contributed by atoms with Gasteiger partial charge in [-0.2, -0.15) is 13.2 Å². The van der Waals surface area contributed by atoms with E-state index in [0.717, 1.165) is 11.1 Å². The Morgan fingerprint density at radius 1 is 1.29 bits per heavy atom. The predicted molar refractivity (Wildman–Crippen MR) is 81.8 cm³/mol. The van der Waals surface area contributed by atoms with Gasteiger partial charge in [0.05, 0.1) is 6.61 Å². The molecule has 0 saturated carbocycles. The summed E-state index contributed by atoms with van der Waals surface area (Å²) in [5, 5.41) is 3.24. The van der Waals surface area contributed by atoms with Crippen LogP contribution >= 0.6 is 11.8 Å². The first-order valence-electron chi connectivity index (χ1n) is 6.90.